The van der Waals surface area contributed by atoms with Crippen molar-refractivity contribution in [3.63, 3.8) is 0 Å². The Morgan fingerprint density at radius 2 is 1.52 bits per heavy atom. The van der Waals surface area contributed by atoms with E-state index >= 15 is 0 Å². The fraction of sp³-hybridized carbons (Fsp3) is 0.250. The highest BCUT2D eigenvalue weighted by molar-refractivity contribution is 7.37. The average Bonchev–Trinajstić information content (AvgIpc) is 2.66. The van der Waals surface area contributed by atoms with Crippen LogP contribution in [-0.2, 0) is 9.98 Å². The standard InChI is InChI=1S/C24H24O2P/c1-16(17-10-6-5-7-11-17)18-14-20-19-12-8-9-13-22(19)26-27(25)23(20)21(15-18)24(2,3)4/h5-16H,1-4H3/q+1. The molecule has 1 aromatic heterocycles. The van der Waals surface area contributed by atoms with Gasteiger partial charge in [0.1, 0.15) is 0 Å². The predicted molar refractivity (Wildman–Crippen MR) is 114 cm³/mol. The van der Waals surface area contributed by atoms with Crippen molar-refractivity contribution in [1.29, 1.82) is 0 Å². The number of hydrogen-bond donors (Lipinski definition) is 0. The van der Waals surface area contributed by atoms with E-state index in [2.05, 4.69) is 70.2 Å². The van der Waals surface area contributed by atoms with Crippen LogP contribution < -0.4 is 0 Å². The van der Waals surface area contributed by atoms with Gasteiger partial charge >= 0.3 is 7.65 Å². The lowest BCUT2D eigenvalue weighted by Gasteiger charge is -2.21. The SMILES string of the molecule is CC(c1ccccc1)c1cc(C(C)(C)C)c2c(c1)c1ccccc1o[p+]2=O. The van der Waals surface area contributed by atoms with Crippen LogP contribution in [-0.4, -0.2) is 0 Å². The third-order valence-corrected chi connectivity index (χ3v) is 6.49. The van der Waals surface area contributed by atoms with Crippen LogP contribution in [0.3, 0.4) is 0 Å². The van der Waals surface area contributed by atoms with Crippen LogP contribution in [0.4, 0.5) is 0 Å². The lowest BCUT2D eigenvalue weighted by molar-refractivity contribution is 0.561. The Kier molecular flexibility index (Phi) is 4.40. The van der Waals surface area contributed by atoms with Gasteiger partial charge in [-0.25, -0.2) is 4.20 Å². The molecule has 0 N–H and O–H groups in total. The molecule has 2 atom stereocenters. The topological polar surface area (TPSA) is 30.2 Å². The molecule has 4 rings (SSSR count). The van der Waals surface area contributed by atoms with Gasteiger partial charge in [0.25, 0.3) is 0 Å². The van der Waals surface area contributed by atoms with Crippen molar-refractivity contribution in [1.82, 2.24) is 0 Å². The van der Waals surface area contributed by atoms with Gasteiger partial charge in [0.05, 0.1) is 0 Å². The Hall–Kier alpha value is -2.44. The number of hydrogen-bond acceptors (Lipinski definition) is 2. The van der Waals surface area contributed by atoms with E-state index in [0.717, 1.165) is 21.5 Å². The second kappa shape index (κ2) is 6.62. The van der Waals surface area contributed by atoms with Crippen LogP contribution in [0, 0.1) is 0 Å². The van der Waals surface area contributed by atoms with Gasteiger partial charge in [-0.1, -0.05) is 76.2 Å². The Balaban J connectivity index is 2.10. The lowest BCUT2D eigenvalue weighted by Crippen LogP contribution is -2.12. The molecule has 0 spiro atoms. The summed E-state index contributed by atoms with van der Waals surface area (Å²) in [5, 5.41) is 2.91. The second-order valence-electron chi connectivity index (χ2n) is 8.19. The molecular formula is C24H24O2P+. The summed E-state index contributed by atoms with van der Waals surface area (Å²) in [4.78, 5) is 0. The molecule has 4 aromatic rings. The maximum atomic E-state index is 13.0. The monoisotopic (exact) mass is 375 g/mol. The Bertz CT molecular complexity index is 1180. The van der Waals surface area contributed by atoms with Gasteiger partial charge in [0.2, 0.25) is 5.12 Å². The van der Waals surface area contributed by atoms with E-state index in [1.807, 2.05) is 24.3 Å². The van der Waals surface area contributed by atoms with Crippen molar-refractivity contribution in [2.75, 3.05) is 0 Å². The summed E-state index contributed by atoms with van der Waals surface area (Å²) in [6.07, 6.45) is 0. The minimum absolute atomic E-state index is 0.128. The first-order valence-electron chi connectivity index (χ1n) is 9.34. The largest absolute Gasteiger partial charge is 0.598 e. The highest BCUT2D eigenvalue weighted by Crippen LogP contribution is 2.43. The molecule has 0 saturated carbocycles. The van der Waals surface area contributed by atoms with Crippen molar-refractivity contribution >= 4 is 29.1 Å². The summed E-state index contributed by atoms with van der Waals surface area (Å²) in [6, 6.07) is 22.8. The number of benzene rings is 3. The van der Waals surface area contributed by atoms with Crippen LogP contribution in [0.2, 0.25) is 0 Å². The molecule has 2 nitrogen and oxygen atoms in total. The van der Waals surface area contributed by atoms with Crippen LogP contribution in [0.15, 0.2) is 70.9 Å². The van der Waals surface area contributed by atoms with Crippen molar-refractivity contribution in [2.24, 2.45) is 0 Å². The van der Waals surface area contributed by atoms with Gasteiger partial charge in [0.15, 0.2) is 5.58 Å². The molecule has 3 aromatic carbocycles. The molecule has 3 heteroatoms. The summed E-state index contributed by atoms with van der Waals surface area (Å²) < 4.78 is 18.8. The average molecular weight is 375 g/mol. The molecule has 136 valence electrons. The maximum Gasteiger partial charge on any atom is 0.598 e. The summed E-state index contributed by atoms with van der Waals surface area (Å²) in [7, 11) is -1.92. The van der Waals surface area contributed by atoms with E-state index in [4.69, 9.17) is 4.20 Å². The highest BCUT2D eigenvalue weighted by atomic mass is 31.1. The molecule has 0 aliphatic rings. The minimum Gasteiger partial charge on any atom is -0.250 e. The van der Waals surface area contributed by atoms with E-state index in [1.54, 1.807) is 0 Å². The van der Waals surface area contributed by atoms with Gasteiger partial charge in [0, 0.05) is 22.3 Å². The first-order valence-corrected chi connectivity index (χ1v) is 10.5. The van der Waals surface area contributed by atoms with Crippen molar-refractivity contribution in [2.45, 2.75) is 39.0 Å². The maximum absolute atomic E-state index is 13.0. The lowest BCUT2D eigenvalue weighted by atomic mass is 9.82. The van der Waals surface area contributed by atoms with Crippen LogP contribution in [0.1, 0.15) is 50.3 Å². The zero-order valence-corrected chi connectivity index (χ0v) is 17.1. The third-order valence-electron chi connectivity index (χ3n) is 5.28. The molecule has 27 heavy (non-hydrogen) atoms. The smallest absolute Gasteiger partial charge is 0.250 e. The fourth-order valence-electron chi connectivity index (χ4n) is 3.72. The summed E-state index contributed by atoms with van der Waals surface area (Å²) >= 11 is 0. The molecule has 0 amide bonds. The van der Waals surface area contributed by atoms with E-state index in [9.17, 15) is 4.57 Å². The number of rotatable bonds is 2. The fourth-order valence-corrected chi connectivity index (χ4v) is 5.13. The molecule has 0 aliphatic carbocycles. The van der Waals surface area contributed by atoms with Crippen LogP contribution in [0.5, 0.6) is 0 Å². The molecule has 0 bridgehead atoms. The molecule has 0 saturated heterocycles. The summed E-state index contributed by atoms with van der Waals surface area (Å²) in [5.41, 5.74) is 4.20. The van der Waals surface area contributed by atoms with E-state index in [1.165, 1.54) is 11.1 Å². The van der Waals surface area contributed by atoms with Gasteiger partial charge in [-0.15, -0.1) is 0 Å². The van der Waals surface area contributed by atoms with Crippen LogP contribution in [0.25, 0.3) is 21.5 Å². The molecule has 0 radical (unpaired) electrons. The number of para-hydroxylation sites is 1. The van der Waals surface area contributed by atoms with Gasteiger partial charge in [-0.05, 0) is 39.3 Å². The van der Waals surface area contributed by atoms with Gasteiger partial charge in [-0.3, -0.25) is 0 Å². The van der Waals surface area contributed by atoms with Crippen molar-refractivity contribution < 1.29 is 8.76 Å². The molecule has 1 heterocycles. The van der Waals surface area contributed by atoms with Crippen molar-refractivity contribution in [3.8, 4) is 0 Å². The zero-order valence-electron chi connectivity index (χ0n) is 16.2. The van der Waals surface area contributed by atoms with Crippen molar-refractivity contribution in [3.05, 3.63) is 83.4 Å². The quantitative estimate of drug-likeness (QED) is 0.335. The zero-order chi connectivity index (χ0) is 19.2. The first kappa shape index (κ1) is 17.9. The summed E-state index contributed by atoms with van der Waals surface area (Å²) in [5.74, 6) is 0.255. The first-order chi connectivity index (χ1) is 12.9. The number of fused-ring (bicyclic) bond motifs is 3. The second-order valence-corrected chi connectivity index (χ2v) is 9.34. The molecule has 0 fully saturated rings. The predicted octanol–water partition coefficient (Wildman–Crippen LogP) is 7.78. The molecule has 2 unspecified atom stereocenters. The minimum atomic E-state index is -1.92. The Labute approximate surface area is 160 Å². The van der Waals surface area contributed by atoms with Gasteiger partial charge in [-0.2, -0.15) is 0 Å². The highest BCUT2D eigenvalue weighted by Gasteiger charge is 2.29. The molecule has 0 aliphatic heterocycles. The summed E-state index contributed by atoms with van der Waals surface area (Å²) in [6.45, 7) is 8.74. The van der Waals surface area contributed by atoms with E-state index in [0.29, 0.717) is 5.58 Å². The van der Waals surface area contributed by atoms with E-state index < -0.39 is 7.65 Å². The van der Waals surface area contributed by atoms with Gasteiger partial charge < -0.3 is 0 Å². The molecular weight excluding hydrogens is 351 g/mol. The Morgan fingerprint density at radius 3 is 2.22 bits per heavy atom. The van der Waals surface area contributed by atoms with E-state index in [-0.39, 0.29) is 11.3 Å². The Morgan fingerprint density at radius 1 is 0.852 bits per heavy atom. The van der Waals surface area contributed by atoms with Crippen LogP contribution >= 0.6 is 7.65 Å². The normalized spacial score (nSPS) is 13.9. The third kappa shape index (κ3) is 3.19.